The zero-order valence-corrected chi connectivity index (χ0v) is 9.91. The Hall–Kier alpha value is -0.570. The zero-order valence-electron chi connectivity index (χ0n) is 9.91. The summed E-state index contributed by atoms with van der Waals surface area (Å²) in [6.45, 7) is 7.65. The second kappa shape index (κ2) is 2.97. The van der Waals surface area contributed by atoms with E-state index in [0.29, 0.717) is 17.3 Å². The number of hydrogen-bond donors (Lipinski definition) is 1. The normalized spacial score (nSPS) is 46.9. The van der Waals surface area contributed by atoms with Crippen LogP contribution in [0.1, 0.15) is 40.5 Å². The van der Waals surface area contributed by atoms with E-state index in [1.165, 1.54) is 6.92 Å². The van der Waals surface area contributed by atoms with Crippen LogP contribution in [0.2, 0.25) is 0 Å². The molecule has 15 heavy (non-hydrogen) atoms. The van der Waals surface area contributed by atoms with Gasteiger partial charge in [-0.2, -0.15) is 0 Å². The predicted molar refractivity (Wildman–Crippen MR) is 56.2 cm³/mol. The van der Waals surface area contributed by atoms with Crippen molar-refractivity contribution in [3.8, 4) is 0 Å². The first-order valence-corrected chi connectivity index (χ1v) is 5.65. The highest BCUT2D eigenvalue weighted by molar-refractivity contribution is 5.66. The van der Waals surface area contributed by atoms with E-state index in [2.05, 4.69) is 13.8 Å². The van der Waals surface area contributed by atoms with Gasteiger partial charge in [0.2, 0.25) is 0 Å². The van der Waals surface area contributed by atoms with Crippen molar-refractivity contribution in [1.29, 1.82) is 0 Å². The molecular formula is C12H20O3. The Balaban J connectivity index is 2.10. The van der Waals surface area contributed by atoms with E-state index in [0.717, 1.165) is 12.8 Å². The van der Waals surface area contributed by atoms with Crippen molar-refractivity contribution in [2.24, 2.45) is 17.3 Å². The van der Waals surface area contributed by atoms with Gasteiger partial charge in [-0.25, -0.2) is 0 Å². The van der Waals surface area contributed by atoms with Crippen LogP contribution < -0.4 is 0 Å². The zero-order chi connectivity index (χ0) is 11.4. The smallest absolute Gasteiger partial charge is 0.303 e. The maximum absolute atomic E-state index is 10.9. The fraction of sp³-hybridized carbons (Fsp3) is 0.917. The molecular weight excluding hydrogens is 192 g/mol. The number of hydrogen-bond acceptors (Lipinski definition) is 3. The van der Waals surface area contributed by atoms with E-state index in [-0.39, 0.29) is 12.1 Å². The molecule has 0 aromatic carbocycles. The first-order valence-electron chi connectivity index (χ1n) is 5.65. The lowest BCUT2D eigenvalue weighted by molar-refractivity contribution is -0.166. The summed E-state index contributed by atoms with van der Waals surface area (Å²) in [4.78, 5) is 10.9. The molecule has 2 fully saturated rings. The van der Waals surface area contributed by atoms with Gasteiger partial charge in [-0.1, -0.05) is 13.8 Å². The number of ether oxygens (including phenoxy) is 1. The average Bonchev–Trinajstić information content (AvgIpc) is 2.52. The summed E-state index contributed by atoms with van der Waals surface area (Å²) in [5, 5.41) is 10.2. The van der Waals surface area contributed by atoms with Crippen molar-refractivity contribution in [3.63, 3.8) is 0 Å². The van der Waals surface area contributed by atoms with Gasteiger partial charge in [0.15, 0.2) is 0 Å². The van der Waals surface area contributed by atoms with Crippen molar-refractivity contribution in [3.05, 3.63) is 0 Å². The summed E-state index contributed by atoms with van der Waals surface area (Å²) in [5.41, 5.74) is -0.528. The maximum atomic E-state index is 10.9. The lowest BCUT2D eigenvalue weighted by Gasteiger charge is -2.35. The number of rotatable bonds is 1. The van der Waals surface area contributed by atoms with Crippen LogP contribution in [0.15, 0.2) is 0 Å². The Morgan fingerprint density at radius 2 is 1.93 bits per heavy atom. The van der Waals surface area contributed by atoms with Crippen LogP contribution in [-0.4, -0.2) is 22.8 Å². The molecule has 0 aliphatic heterocycles. The number of aliphatic hydroxyl groups is 1. The van der Waals surface area contributed by atoms with Gasteiger partial charge in [0.05, 0.1) is 5.60 Å². The summed E-state index contributed by atoms with van der Waals surface area (Å²) in [6, 6.07) is 0. The summed E-state index contributed by atoms with van der Waals surface area (Å²) >= 11 is 0. The van der Waals surface area contributed by atoms with Gasteiger partial charge in [0.25, 0.3) is 0 Å². The van der Waals surface area contributed by atoms with Crippen molar-refractivity contribution in [2.75, 3.05) is 0 Å². The molecule has 0 amide bonds. The molecule has 0 unspecified atom stereocenters. The molecule has 86 valence electrons. The highest BCUT2D eigenvalue weighted by atomic mass is 16.6. The van der Waals surface area contributed by atoms with Crippen LogP contribution in [0.3, 0.4) is 0 Å². The Bertz CT molecular complexity index is 293. The second-order valence-electron chi connectivity index (χ2n) is 5.93. The Morgan fingerprint density at radius 1 is 1.33 bits per heavy atom. The molecule has 2 aliphatic carbocycles. The molecule has 0 radical (unpaired) electrons. The minimum Gasteiger partial charge on any atom is -0.459 e. The lowest BCUT2D eigenvalue weighted by atomic mass is 9.84. The minimum absolute atomic E-state index is 0.294. The molecule has 0 heterocycles. The standard InChI is InChI=1S/C12H20O3/c1-7(13)15-10-5-8-9(11(8,2)3)6-12(10,4)14/h8-10,14H,5-6H2,1-4H3/t8-,9-,10+,12-/m1/s1. The Morgan fingerprint density at radius 3 is 2.47 bits per heavy atom. The highest BCUT2D eigenvalue weighted by Crippen LogP contribution is 2.66. The molecule has 2 saturated carbocycles. The monoisotopic (exact) mass is 212 g/mol. The van der Waals surface area contributed by atoms with Crippen LogP contribution in [0.5, 0.6) is 0 Å². The minimum atomic E-state index is -0.847. The average molecular weight is 212 g/mol. The Kier molecular flexibility index (Phi) is 2.16. The summed E-state index contributed by atoms with van der Waals surface area (Å²) < 4.78 is 5.21. The van der Waals surface area contributed by atoms with Gasteiger partial charge < -0.3 is 9.84 Å². The molecule has 0 aromatic rings. The molecule has 0 bridgehead atoms. The topological polar surface area (TPSA) is 46.5 Å². The number of carbonyl (C=O) groups is 1. The van der Waals surface area contributed by atoms with Crippen LogP contribution >= 0.6 is 0 Å². The van der Waals surface area contributed by atoms with E-state index in [1.54, 1.807) is 6.92 Å². The summed E-state index contributed by atoms with van der Waals surface area (Å²) in [5.74, 6) is 0.915. The molecule has 3 heteroatoms. The molecule has 3 nitrogen and oxygen atoms in total. The fourth-order valence-corrected chi connectivity index (χ4v) is 3.17. The van der Waals surface area contributed by atoms with E-state index in [4.69, 9.17) is 4.74 Å². The van der Waals surface area contributed by atoms with Crippen molar-refractivity contribution in [1.82, 2.24) is 0 Å². The number of esters is 1. The fourth-order valence-electron chi connectivity index (χ4n) is 3.17. The first-order chi connectivity index (χ1) is 6.75. The van der Waals surface area contributed by atoms with E-state index < -0.39 is 5.60 Å². The van der Waals surface area contributed by atoms with E-state index in [1.807, 2.05) is 0 Å². The molecule has 2 rings (SSSR count). The predicted octanol–water partition coefficient (Wildman–Crippen LogP) is 1.74. The molecule has 0 saturated heterocycles. The molecule has 0 spiro atoms. The quantitative estimate of drug-likeness (QED) is 0.673. The van der Waals surface area contributed by atoms with Gasteiger partial charge in [0, 0.05) is 6.92 Å². The van der Waals surface area contributed by atoms with Gasteiger partial charge in [-0.3, -0.25) is 4.79 Å². The van der Waals surface area contributed by atoms with E-state index in [9.17, 15) is 9.90 Å². The summed E-state index contributed by atoms with van der Waals surface area (Å²) in [6.07, 6.45) is 1.24. The lowest BCUT2D eigenvalue weighted by Crippen LogP contribution is -2.45. The SMILES string of the molecule is CC(=O)O[C@H]1C[C@@H]2[C@@H](C[C@@]1(C)O)C2(C)C. The number of carbonyl (C=O) groups excluding carboxylic acids is 1. The Labute approximate surface area is 90.8 Å². The third-order valence-corrected chi connectivity index (χ3v) is 4.39. The largest absolute Gasteiger partial charge is 0.459 e. The van der Waals surface area contributed by atoms with Gasteiger partial charge >= 0.3 is 5.97 Å². The maximum Gasteiger partial charge on any atom is 0.303 e. The van der Waals surface area contributed by atoms with Gasteiger partial charge in [-0.05, 0) is 37.0 Å². The molecule has 1 N–H and O–H groups in total. The molecule has 4 atom stereocenters. The number of fused-ring (bicyclic) bond motifs is 1. The highest BCUT2D eigenvalue weighted by Gasteiger charge is 2.64. The van der Waals surface area contributed by atoms with Crippen molar-refractivity contribution >= 4 is 5.97 Å². The van der Waals surface area contributed by atoms with Crippen LogP contribution in [0.25, 0.3) is 0 Å². The van der Waals surface area contributed by atoms with Gasteiger partial charge in [-0.15, -0.1) is 0 Å². The van der Waals surface area contributed by atoms with E-state index >= 15 is 0 Å². The first kappa shape index (κ1) is 10.9. The molecule has 2 aliphatic rings. The van der Waals surface area contributed by atoms with Crippen LogP contribution in [-0.2, 0) is 9.53 Å². The van der Waals surface area contributed by atoms with Crippen molar-refractivity contribution < 1.29 is 14.6 Å². The third-order valence-electron chi connectivity index (χ3n) is 4.39. The van der Waals surface area contributed by atoms with Crippen molar-refractivity contribution in [2.45, 2.75) is 52.2 Å². The molecule has 0 aromatic heterocycles. The van der Waals surface area contributed by atoms with Gasteiger partial charge in [0.1, 0.15) is 6.10 Å². The van der Waals surface area contributed by atoms with Crippen LogP contribution in [0.4, 0.5) is 0 Å². The summed E-state index contributed by atoms with van der Waals surface area (Å²) in [7, 11) is 0. The van der Waals surface area contributed by atoms with Crippen LogP contribution in [0, 0.1) is 17.3 Å². The third kappa shape index (κ3) is 1.67. The second-order valence-corrected chi connectivity index (χ2v) is 5.93.